The normalized spacial score (nSPS) is 12.6. The summed E-state index contributed by atoms with van der Waals surface area (Å²) < 4.78 is 77.8. The predicted molar refractivity (Wildman–Crippen MR) is 56.5 cm³/mol. The van der Waals surface area contributed by atoms with E-state index in [4.69, 9.17) is 11.1 Å². The van der Waals surface area contributed by atoms with Gasteiger partial charge in [-0.25, -0.2) is 4.98 Å². The molecule has 0 unspecified atom stereocenters. The van der Waals surface area contributed by atoms with Crippen molar-refractivity contribution in [3.63, 3.8) is 0 Å². The number of nitrogen functional groups attached to an aromatic ring is 1. The number of aromatic nitrogens is 1. The second-order valence-corrected chi connectivity index (χ2v) is 3.83. The molecule has 0 bridgehead atoms. The van der Waals surface area contributed by atoms with Crippen LogP contribution in [-0.2, 0) is 0 Å². The Labute approximate surface area is 109 Å². The van der Waals surface area contributed by atoms with E-state index in [0.29, 0.717) is 0 Å². The van der Waals surface area contributed by atoms with Gasteiger partial charge in [-0.2, -0.15) is 26.3 Å². The average molecular weight is 301 g/mol. The van der Waals surface area contributed by atoms with Crippen LogP contribution in [0.4, 0.5) is 26.3 Å². The van der Waals surface area contributed by atoms with E-state index >= 15 is 0 Å². The van der Waals surface area contributed by atoms with Gasteiger partial charge in [0.25, 0.3) is 6.10 Å². The van der Waals surface area contributed by atoms with E-state index in [2.05, 4.69) is 9.72 Å². The Bertz CT molecular complexity index is 497. The number of nitrogens with zero attached hydrogens (tertiary/aromatic N) is 1. The number of halogens is 6. The zero-order chi connectivity index (χ0) is 15.7. The predicted octanol–water partition coefficient (Wildman–Crippen LogP) is 2.55. The summed E-state index contributed by atoms with van der Waals surface area (Å²) in [6.45, 7) is 1.31. The van der Waals surface area contributed by atoms with Gasteiger partial charge in [0.15, 0.2) is 0 Å². The van der Waals surface area contributed by atoms with Crippen LogP contribution in [0.3, 0.4) is 0 Å². The molecule has 0 spiro atoms. The highest BCUT2D eigenvalue weighted by atomic mass is 19.4. The molecule has 0 saturated carbocycles. The van der Waals surface area contributed by atoms with Crippen LogP contribution in [0.25, 0.3) is 0 Å². The molecule has 0 radical (unpaired) electrons. The molecule has 1 aromatic rings. The number of nitrogens with one attached hydrogen (secondary N) is 1. The fraction of sp³-hybridized carbons (Fsp3) is 0.400. The van der Waals surface area contributed by atoms with Gasteiger partial charge < -0.3 is 10.5 Å². The summed E-state index contributed by atoms with van der Waals surface area (Å²) in [6.07, 6.45) is -15.3. The Kier molecular flexibility index (Phi) is 4.15. The van der Waals surface area contributed by atoms with Crippen molar-refractivity contribution < 1.29 is 31.1 Å². The number of pyridine rings is 1. The summed E-state index contributed by atoms with van der Waals surface area (Å²) in [7, 11) is 0. The van der Waals surface area contributed by atoms with Gasteiger partial charge in [0.2, 0.25) is 5.88 Å². The van der Waals surface area contributed by atoms with Crippen molar-refractivity contribution in [3.05, 3.63) is 23.4 Å². The molecule has 4 nitrogen and oxygen atoms in total. The molecule has 0 aliphatic rings. The number of ether oxygens (including phenoxy) is 1. The number of alkyl halides is 6. The number of aryl methyl sites for hydroxylation is 1. The second kappa shape index (κ2) is 5.17. The van der Waals surface area contributed by atoms with Gasteiger partial charge in [-0.15, -0.1) is 0 Å². The third kappa shape index (κ3) is 4.00. The summed E-state index contributed by atoms with van der Waals surface area (Å²) in [5, 5.41) is 7.11. The van der Waals surface area contributed by atoms with E-state index in [0.717, 1.165) is 6.07 Å². The third-order valence-electron chi connectivity index (χ3n) is 2.07. The standard InChI is InChI=1S/C10H9F6N3O/c1-4-2-5(7(17)18)3-6(19-4)20-8(9(11,12)13)10(14,15)16/h2-3,8H,1H3,(H3,17,18). The summed E-state index contributed by atoms with van der Waals surface area (Å²) in [4.78, 5) is 3.41. The molecule has 3 N–H and O–H groups in total. The largest absolute Gasteiger partial charge is 0.455 e. The highest BCUT2D eigenvalue weighted by Gasteiger charge is 2.59. The van der Waals surface area contributed by atoms with E-state index in [1.165, 1.54) is 13.0 Å². The van der Waals surface area contributed by atoms with Crippen LogP contribution in [0.2, 0.25) is 0 Å². The van der Waals surface area contributed by atoms with Gasteiger partial charge >= 0.3 is 12.4 Å². The lowest BCUT2D eigenvalue weighted by Crippen LogP contribution is -2.46. The molecule has 0 aliphatic carbocycles. The molecule has 0 saturated heterocycles. The van der Waals surface area contributed by atoms with Gasteiger partial charge in [0, 0.05) is 17.3 Å². The first-order valence-corrected chi connectivity index (χ1v) is 5.04. The number of nitrogens with two attached hydrogens (primary N) is 1. The molecule has 20 heavy (non-hydrogen) atoms. The van der Waals surface area contributed by atoms with E-state index in [1.807, 2.05) is 0 Å². The number of rotatable bonds is 3. The topological polar surface area (TPSA) is 72.0 Å². The van der Waals surface area contributed by atoms with Crippen LogP contribution >= 0.6 is 0 Å². The molecular weight excluding hydrogens is 292 g/mol. The zero-order valence-corrected chi connectivity index (χ0v) is 9.93. The van der Waals surface area contributed by atoms with E-state index < -0.39 is 30.2 Å². The van der Waals surface area contributed by atoms with Crippen molar-refractivity contribution in [1.82, 2.24) is 4.98 Å². The van der Waals surface area contributed by atoms with Crippen molar-refractivity contribution in [3.8, 4) is 5.88 Å². The van der Waals surface area contributed by atoms with Gasteiger partial charge in [0.1, 0.15) is 5.84 Å². The number of hydrogen-bond acceptors (Lipinski definition) is 3. The van der Waals surface area contributed by atoms with E-state index in [9.17, 15) is 26.3 Å². The van der Waals surface area contributed by atoms with Crippen molar-refractivity contribution in [1.29, 1.82) is 5.41 Å². The Morgan fingerprint density at radius 2 is 1.70 bits per heavy atom. The molecule has 0 aliphatic heterocycles. The first-order valence-electron chi connectivity index (χ1n) is 5.04. The average Bonchev–Trinajstić information content (AvgIpc) is 2.22. The third-order valence-corrected chi connectivity index (χ3v) is 2.07. The summed E-state index contributed by atoms with van der Waals surface area (Å²) in [5.74, 6) is -1.44. The van der Waals surface area contributed by atoms with Crippen molar-refractivity contribution in [2.75, 3.05) is 0 Å². The van der Waals surface area contributed by atoms with Crippen LogP contribution in [0.5, 0.6) is 5.88 Å². The van der Waals surface area contributed by atoms with Gasteiger partial charge in [0.05, 0.1) is 0 Å². The summed E-state index contributed by atoms with van der Waals surface area (Å²) in [6, 6.07) is 1.96. The Balaban J connectivity index is 3.15. The smallest absolute Gasteiger partial charge is 0.434 e. The lowest BCUT2D eigenvalue weighted by atomic mass is 10.2. The van der Waals surface area contributed by atoms with Crippen LogP contribution in [-0.4, -0.2) is 29.3 Å². The molecule has 0 atom stereocenters. The minimum absolute atomic E-state index is 0.0656. The maximum Gasteiger partial charge on any atom is 0.434 e. The quantitative estimate of drug-likeness (QED) is 0.512. The minimum Gasteiger partial charge on any atom is -0.455 e. The van der Waals surface area contributed by atoms with Gasteiger partial charge in [-0.05, 0) is 13.0 Å². The minimum atomic E-state index is -5.64. The summed E-state index contributed by atoms with van der Waals surface area (Å²) in [5.41, 5.74) is 5.09. The molecule has 10 heteroatoms. The van der Waals surface area contributed by atoms with Crippen LogP contribution in [0.15, 0.2) is 12.1 Å². The monoisotopic (exact) mass is 301 g/mol. The maximum atomic E-state index is 12.3. The first-order chi connectivity index (χ1) is 8.91. The molecule has 0 amide bonds. The van der Waals surface area contributed by atoms with E-state index in [1.54, 1.807) is 0 Å². The van der Waals surface area contributed by atoms with Crippen molar-refractivity contribution in [2.45, 2.75) is 25.4 Å². The molecule has 112 valence electrons. The lowest BCUT2D eigenvalue weighted by Gasteiger charge is -2.23. The van der Waals surface area contributed by atoms with Crippen molar-refractivity contribution in [2.24, 2.45) is 5.73 Å². The van der Waals surface area contributed by atoms with Crippen LogP contribution in [0.1, 0.15) is 11.3 Å². The number of amidine groups is 1. The van der Waals surface area contributed by atoms with E-state index in [-0.39, 0.29) is 11.3 Å². The van der Waals surface area contributed by atoms with Crippen molar-refractivity contribution >= 4 is 5.84 Å². The highest BCUT2D eigenvalue weighted by Crippen LogP contribution is 2.36. The van der Waals surface area contributed by atoms with Gasteiger partial charge in [-0.1, -0.05) is 0 Å². The molecule has 1 heterocycles. The van der Waals surface area contributed by atoms with Gasteiger partial charge in [-0.3, -0.25) is 5.41 Å². The zero-order valence-electron chi connectivity index (χ0n) is 9.93. The fourth-order valence-corrected chi connectivity index (χ4v) is 1.29. The Hall–Kier alpha value is -2.00. The molecule has 0 fully saturated rings. The Morgan fingerprint density at radius 1 is 1.20 bits per heavy atom. The van der Waals surface area contributed by atoms with Crippen LogP contribution < -0.4 is 10.5 Å². The highest BCUT2D eigenvalue weighted by molar-refractivity contribution is 5.95. The SMILES string of the molecule is Cc1cc(C(=N)N)cc(OC(C(F)(F)F)C(F)(F)F)n1. The molecule has 0 aromatic carbocycles. The molecule has 1 rings (SSSR count). The van der Waals surface area contributed by atoms with Crippen LogP contribution in [0, 0.1) is 12.3 Å². The number of hydrogen-bond donors (Lipinski definition) is 2. The maximum absolute atomic E-state index is 12.3. The second-order valence-electron chi connectivity index (χ2n) is 3.83. The molecular formula is C10H9F6N3O. The Morgan fingerprint density at radius 3 is 2.10 bits per heavy atom. The first kappa shape index (κ1) is 16.1. The summed E-state index contributed by atoms with van der Waals surface area (Å²) >= 11 is 0. The lowest BCUT2D eigenvalue weighted by molar-refractivity contribution is -0.300. The fourth-order valence-electron chi connectivity index (χ4n) is 1.29. The molecule has 1 aromatic heterocycles.